The fourth-order valence-electron chi connectivity index (χ4n) is 1.80. The topological polar surface area (TPSA) is 45.0 Å². The lowest BCUT2D eigenvalue weighted by molar-refractivity contribution is 0.416. The van der Waals surface area contributed by atoms with Crippen LogP contribution >= 0.6 is 11.6 Å². The van der Waals surface area contributed by atoms with Crippen LogP contribution in [0.2, 0.25) is 5.02 Å². The zero-order valence-corrected chi connectivity index (χ0v) is 11.5. The Balaban J connectivity index is 2.29. The van der Waals surface area contributed by atoms with Crippen molar-refractivity contribution in [2.45, 2.75) is 6.04 Å². The zero-order valence-electron chi connectivity index (χ0n) is 10.7. The fraction of sp³-hybridized carbons (Fsp3) is 0.133. The van der Waals surface area contributed by atoms with Gasteiger partial charge >= 0.3 is 0 Å². The summed E-state index contributed by atoms with van der Waals surface area (Å²) in [7, 11) is 1.55. The summed E-state index contributed by atoms with van der Waals surface area (Å²) in [6, 6.07) is 12.9. The van der Waals surface area contributed by atoms with Gasteiger partial charge in [-0.1, -0.05) is 29.8 Å². The first-order chi connectivity index (χ1) is 9.65. The highest BCUT2D eigenvalue weighted by Gasteiger charge is 2.14. The third-order valence-electron chi connectivity index (χ3n) is 2.81. The fourth-order valence-corrected chi connectivity index (χ4v) is 1.99. The smallest absolute Gasteiger partial charge is 0.141 e. The predicted octanol–water partition coefficient (Wildman–Crippen LogP) is 4.16. The van der Waals surface area contributed by atoms with Crippen LogP contribution in [0.3, 0.4) is 0 Å². The third-order valence-corrected chi connectivity index (χ3v) is 3.10. The summed E-state index contributed by atoms with van der Waals surface area (Å²) >= 11 is 5.74. The molecule has 2 aromatic rings. The van der Waals surface area contributed by atoms with Crippen LogP contribution in [0.5, 0.6) is 5.75 Å². The van der Waals surface area contributed by atoms with Gasteiger partial charge in [-0.2, -0.15) is 5.26 Å². The average Bonchev–Trinajstić information content (AvgIpc) is 2.48. The van der Waals surface area contributed by atoms with Crippen LogP contribution in [0.4, 0.5) is 10.1 Å². The molecule has 0 heterocycles. The zero-order chi connectivity index (χ0) is 14.5. The van der Waals surface area contributed by atoms with E-state index in [0.29, 0.717) is 17.0 Å². The maximum absolute atomic E-state index is 13.2. The molecule has 0 spiro atoms. The van der Waals surface area contributed by atoms with Gasteiger partial charge in [0.1, 0.15) is 17.6 Å². The summed E-state index contributed by atoms with van der Waals surface area (Å²) in [6.07, 6.45) is 0. The molecule has 0 radical (unpaired) electrons. The summed E-state index contributed by atoms with van der Waals surface area (Å²) in [5, 5.41) is 12.3. The predicted molar refractivity (Wildman–Crippen MR) is 76.4 cm³/mol. The first-order valence-corrected chi connectivity index (χ1v) is 6.27. The van der Waals surface area contributed by atoms with E-state index in [1.807, 2.05) is 12.1 Å². The van der Waals surface area contributed by atoms with Crippen LogP contribution in [0.15, 0.2) is 42.5 Å². The maximum Gasteiger partial charge on any atom is 0.141 e. The lowest BCUT2D eigenvalue weighted by Gasteiger charge is -2.16. The Hall–Kier alpha value is -2.25. The molecule has 20 heavy (non-hydrogen) atoms. The number of nitriles is 1. The van der Waals surface area contributed by atoms with Gasteiger partial charge in [0, 0.05) is 0 Å². The minimum Gasteiger partial charge on any atom is -0.495 e. The molecular weight excluding hydrogens is 279 g/mol. The SMILES string of the molecule is COc1ccccc1NC(C#N)c1ccc(F)c(Cl)c1. The standard InChI is InChI=1S/C15H12ClFN2O/c1-20-15-5-3-2-4-13(15)19-14(9-18)10-6-7-12(17)11(16)8-10/h2-8,14,19H,1H3. The molecule has 1 unspecified atom stereocenters. The first-order valence-electron chi connectivity index (χ1n) is 5.90. The van der Waals surface area contributed by atoms with Crippen molar-refractivity contribution in [3.8, 4) is 11.8 Å². The van der Waals surface area contributed by atoms with Crippen LogP contribution in [0.25, 0.3) is 0 Å². The summed E-state index contributed by atoms with van der Waals surface area (Å²) < 4.78 is 18.4. The van der Waals surface area contributed by atoms with Crippen LogP contribution < -0.4 is 10.1 Å². The molecule has 0 aliphatic heterocycles. The van der Waals surface area contributed by atoms with Crippen molar-refractivity contribution in [3.63, 3.8) is 0 Å². The number of ether oxygens (including phenoxy) is 1. The molecule has 2 aromatic carbocycles. The number of rotatable bonds is 4. The van der Waals surface area contributed by atoms with Crippen molar-refractivity contribution in [3.05, 3.63) is 58.9 Å². The molecular formula is C15H12ClFN2O. The van der Waals surface area contributed by atoms with Crippen LogP contribution in [0, 0.1) is 17.1 Å². The van der Waals surface area contributed by atoms with E-state index in [1.165, 1.54) is 18.2 Å². The first kappa shape index (κ1) is 14.2. The molecule has 0 aliphatic carbocycles. The highest BCUT2D eigenvalue weighted by Crippen LogP contribution is 2.29. The number of benzene rings is 2. The van der Waals surface area contributed by atoms with E-state index in [2.05, 4.69) is 11.4 Å². The Morgan fingerprint density at radius 3 is 2.70 bits per heavy atom. The Bertz CT molecular complexity index is 655. The molecule has 2 rings (SSSR count). The number of methoxy groups -OCH3 is 1. The number of para-hydroxylation sites is 2. The van der Waals surface area contributed by atoms with E-state index in [9.17, 15) is 9.65 Å². The normalized spacial score (nSPS) is 11.5. The van der Waals surface area contributed by atoms with Crippen molar-refractivity contribution < 1.29 is 9.13 Å². The van der Waals surface area contributed by atoms with Gasteiger partial charge in [-0.25, -0.2) is 4.39 Å². The Morgan fingerprint density at radius 2 is 2.05 bits per heavy atom. The number of halogens is 2. The quantitative estimate of drug-likeness (QED) is 0.919. The van der Waals surface area contributed by atoms with Crippen LogP contribution in [-0.2, 0) is 0 Å². The average molecular weight is 291 g/mol. The molecule has 0 aromatic heterocycles. The van der Waals surface area contributed by atoms with Gasteiger partial charge in [0.15, 0.2) is 0 Å². The molecule has 1 atom stereocenters. The molecule has 1 N–H and O–H groups in total. The van der Waals surface area contributed by atoms with Gasteiger partial charge in [-0.3, -0.25) is 0 Å². The highest BCUT2D eigenvalue weighted by atomic mass is 35.5. The van der Waals surface area contributed by atoms with Gasteiger partial charge in [0.05, 0.1) is 23.9 Å². The van der Waals surface area contributed by atoms with E-state index in [1.54, 1.807) is 19.2 Å². The van der Waals surface area contributed by atoms with Crippen LogP contribution in [0.1, 0.15) is 11.6 Å². The largest absolute Gasteiger partial charge is 0.495 e. The summed E-state index contributed by atoms with van der Waals surface area (Å²) in [5.41, 5.74) is 1.27. The van der Waals surface area contributed by atoms with Gasteiger partial charge in [0.2, 0.25) is 0 Å². The molecule has 102 valence electrons. The Morgan fingerprint density at radius 1 is 1.30 bits per heavy atom. The minimum absolute atomic E-state index is 0.00965. The van der Waals surface area contributed by atoms with E-state index < -0.39 is 11.9 Å². The van der Waals surface area contributed by atoms with E-state index >= 15 is 0 Å². The lowest BCUT2D eigenvalue weighted by Crippen LogP contribution is -2.09. The number of nitrogens with zero attached hydrogens (tertiary/aromatic N) is 1. The van der Waals surface area contributed by atoms with Gasteiger partial charge in [0.25, 0.3) is 0 Å². The molecule has 0 fully saturated rings. The Labute approximate surface area is 121 Å². The van der Waals surface area contributed by atoms with Crippen molar-refractivity contribution in [1.82, 2.24) is 0 Å². The van der Waals surface area contributed by atoms with Crippen molar-refractivity contribution in [2.24, 2.45) is 0 Å². The number of anilines is 1. The molecule has 0 saturated heterocycles. The molecule has 5 heteroatoms. The highest BCUT2D eigenvalue weighted by molar-refractivity contribution is 6.30. The van der Waals surface area contributed by atoms with Crippen molar-refractivity contribution in [2.75, 3.05) is 12.4 Å². The van der Waals surface area contributed by atoms with Crippen molar-refractivity contribution in [1.29, 1.82) is 5.26 Å². The summed E-state index contributed by atoms with van der Waals surface area (Å²) in [4.78, 5) is 0. The van der Waals surface area contributed by atoms with Gasteiger partial charge < -0.3 is 10.1 Å². The summed E-state index contributed by atoms with van der Waals surface area (Å²) in [6.45, 7) is 0. The van der Waals surface area contributed by atoms with E-state index in [0.717, 1.165) is 0 Å². The summed E-state index contributed by atoms with van der Waals surface area (Å²) in [5.74, 6) is 0.116. The number of hydrogen-bond donors (Lipinski definition) is 1. The second kappa shape index (κ2) is 6.27. The molecule has 0 bridgehead atoms. The Kier molecular flexibility index (Phi) is 4.44. The molecule has 0 amide bonds. The molecule has 3 nitrogen and oxygen atoms in total. The number of hydrogen-bond acceptors (Lipinski definition) is 3. The van der Waals surface area contributed by atoms with Crippen molar-refractivity contribution >= 4 is 17.3 Å². The van der Waals surface area contributed by atoms with Crippen LogP contribution in [-0.4, -0.2) is 7.11 Å². The van der Waals surface area contributed by atoms with Gasteiger partial charge in [-0.05, 0) is 29.8 Å². The number of nitrogens with one attached hydrogen (secondary N) is 1. The lowest BCUT2D eigenvalue weighted by atomic mass is 10.1. The second-order valence-electron chi connectivity index (χ2n) is 4.08. The van der Waals surface area contributed by atoms with Gasteiger partial charge in [-0.15, -0.1) is 0 Å². The van der Waals surface area contributed by atoms with E-state index in [4.69, 9.17) is 16.3 Å². The molecule has 0 aliphatic rings. The monoisotopic (exact) mass is 290 g/mol. The second-order valence-corrected chi connectivity index (χ2v) is 4.49. The third kappa shape index (κ3) is 3.01. The molecule has 0 saturated carbocycles. The minimum atomic E-state index is -0.649. The van der Waals surface area contributed by atoms with E-state index in [-0.39, 0.29) is 5.02 Å². The maximum atomic E-state index is 13.2.